The topological polar surface area (TPSA) is 107 Å². The first-order chi connectivity index (χ1) is 11.5. The van der Waals surface area contributed by atoms with Gasteiger partial charge in [-0.25, -0.2) is 4.98 Å². The molecule has 0 saturated heterocycles. The summed E-state index contributed by atoms with van der Waals surface area (Å²) in [6.07, 6.45) is 3.99. The number of hydrogen-bond acceptors (Lipinski definition) is 5. The Hall–Kier alpha value is -3.03. The van der Waals surface area contributed by atoms with Gasteiger partial charge in [-0.05, 0) is 18.9 Å². The highest BCUT2D eigenvalue weighted by atomic mass is 16.6. The quantitative estimate of drug-likeness (QED) is 0.618. The number of hydrogen-bond donors (Lipinski definition) is 1. The van der Waals surface area contributed by atoms with Gasteiger partial charge in [0, 0.05) is 17.8 Å². The smallest absolute Gasteiger partial charge is 0.292 e. The maximum Gasteiger partial charge on any atom is 0.292 e. The van der Waals surface area contributed by atoms with Crippen molar-refractivity contribution in [2.75, 3.05) is 5.32 Å². The van der Waals surface area contributed by atoms with Crippen molar-refractivity contribution < 1.29 is 9.72 Å². The molecule has 0 unspecified atom stereocenters. The maximum absolute atomic E-state index is 12.0. The summed E-state index contributed by atoms with van der Waals surface area (Å²) in [5, 5.41) is 13.4. The Morgan fingerprint density at radius 3 is 2.79 bits per heavy atom. The highest BCUT2D eigenvalue weighted by molar-refractivity contribution is 5.92. The Balaban J connectivity index is 2.08. The summed E-state index contributed by atoms with van der Waals surface area (Å²) in [6, 6.07) is 7.24. The predicted molar refractivity (Wildman–Crippen MR) is 88.8 cm³/mol. The Morgan fingerprint density at radius 2 is 2.12 bits per heavy atom. The van der Waals surface area contributed by atoms with Crippen molar-refractivity contribution in [2.45, 2.75) is 32.7 Å². The van der Waals surface area contributed by atoms with Crippen molar-refractivity contribution in [3.8, 4) is 0 Å². The number of carbonyl (C=O) groups excluding carboxylic acids is 1. The van der Waals surface area contributed by atoms with Crippen molar-refractivity contribution in [3.05, 3.63) is 62.8 Å². The van der Waals surface area contributed by atoms with Crippen LogP contribution < -0.4 is 10.9 Å². The highest BCUT2D eigenvalue weighted by Crippen LogP contribution is 2.22. The third-order valence-corrected chi connectivity index (χ3v) is 3.41. The maximum atomic E-state index is 12.0. The molecule has 8 heteroatoms. The van der Waals surface area contributed by atoms with Gasteiger partial charge in [0.2, 0.25) is 5.91 Å². The fourth-order valence-electron chi connectivity index (χ4n) is 2.16. The molecule has 1 amide bonds. The van der Waals surface area contributed by atoms with Crippen LogP contribution in [0.4, 0.5) is 11.4 Å². The number of nitro groups is 1. The molecular weight excluding hydrogens is 312 g/mol. The molecule has 0 aliphatic carbocycles. The number of nitrogens with one attached hydrogen (secondary N) is 1. The van der Waals surface area contributed by atoms with Gasteiger partial charge in [0.15, 0.2) is 0 Å². The molecule has 0 radical (unpaired) electrons. The first-order valence-electron chi connectivity index (χ1n) is 7.60. The van der Waals surface area contributed by atoms with Crippen molar-refractivity contribution in [1.29, 1.82) is 0 Å². The summed E-state index contributed by atoms with van der Waals surface area (Å²) in [6.45, 7) is 1.79. The third kappa shape index (κ3) is 4.48. The van der Waals surface area contributed by atoms with Crippen LogP contribution in [0.2, 0.25) is 0 Å². The van der Waals surface area contributed by atoms with Crippen LogP contribution in [0.5, 0.6) is 0 Å². The van der Waals surface area contributed by atoms with Crippen LogP contribution in [-0.4, -0.2) is 20.4 Å². The molecule has 1 heterocycles. The van der Waals surface area contributed by atoms with E-state index in [1.165, 1.54) is 35.2 Å². The molecule has 0 aliphatic rings. The molecule has 8 nitrogen and oxygen atoms in total. The van der Waals surface area contributed by atoms with Crippen LogP contribution in [0.3, 0.4) is 0 Å². The molecule has 0 aliphatic heterocycles. The summed E-state index contributed by atoms with van der Waals surface area (Å²) in [5.74, 6) is -0.533. The summed E-state index contributed by atoms with van der Waals surface area (Å²) < 4.78 is 1.17. The first-order valence-corrected chi connectivity index (χ1v) is 7.60. The predicted octanol–water partition coefficient (Wildman–Crippen LogP) is 2.13. The second-order valence-corrected chi connectivity index (χ2v) is 5.27. The van der Waals surface area contributed by atoms with E-state index < -0.39 is 10.8 Å². The third-order valence-electron chi connectivity index (χ3n) is 3.41. The summed E-state index contributed by atoms with van der Waals surface area (Å²) in [5.41, 5.74) is 0.255. The zero-order valence-electron chi connectivity index (χ0n) is 13.3. The first kappa shape index (κ1) is 17.3. The average Bonchev–Trinajstić information content (AvgIpc) is 2.55. The minimum absolute atomic E-state index is 0.0908. The van der Waals surface area contributed by atoms with E-state index in [4.69, 9.17) is 0 Å². The number of aryl methyl sites for hydroxylation is 1. The highest BCUT2D eigenvalue weighted by Gasteiger charge is 2.15. The Bertz CT molecular complexity index is 801. The molecule has 0 spiro atoms. The molecular formula is C16H18N4O4. The lowest BCUT2D eigenvalue weighted by atomic mass is 10.2. The molecule has 0 atom stereocenters. The van der Waals surface area contributed by atoms with E-state index in [1.54, 1.807) is 6.07 Å². The zero-order chi connectivity index (χ0) is 17.5. The van der Waals surface area contributed by atoms with E-state index >= 15 is 0 Å². The van der Waals surface area contributed by atoms with Gasteiger partial charge in [-0.15, -0.1) is 0 Å². The molecule has 2 aromatic rings. The summed E-state index contributed by atoms with van der Waals surface area (Å²) in [7, 11) is 0. The van der Waals surface area contributed by atoms with E-state index in [0.29, 0.717) is 5.69 Å². The minimum atomic E-state index is -0.578. The number of amides is 1. The molecule has 24 heavy (non-hydrogen) atoms. The van der Waals surface area contributed by atoms with Crippen LogP contribution in [0.25, 0.3) is 0 Å². The van der Waals surface area contributed by atoms with Crippen LogP contribution in [0, 0.1) is 10.1 Å². The molecule has 126 valence electrons. The van der Waals surface area contributed by atoms with Crippen LogP contribution >= 0.6 is 0 Å². The van der Waals surface area contributed by atoms with Gasteiger partial charge in [0.05, 0.1) is 11.3 Å². The molecule has 0 saturated carbocycles. The number of nitro benzene ring substituents is 1. The van der Waals surface area contributed by atoms with Gasteiger partial charge in [0.25, 0.3) is 11.2 Å². The second-order valence-electron chi connectivity index (χ2n) is 5.27. The van der Waals surface area contributed by atoms with Crippen molar-refractivity contribution in [2.24, 2.45) is 0 Å². The molecule has 1 aromatic heterocycles. The van der Waals surface area contributed by atoms with E-state index in [1.807, 2.05) is 6.92 Å². The van der Waals surface area contributed by atoms with Gasteiger partial charge in [-0.3, -0.25) is 24.3 Å². The van der Waals surface area contributed by atoms with Gasteiger partial charge in [0.1, 0.15) is 12.2 Å². The van der Waals surface area contributed by atoms with Gasteiger partial charge < -0.3 is 5.32 Å². The monoisotopic (exact) mass is 330 g/mol. The van der Waals surface area contributed by atoms with Gasteiger partial charge in [-0.2, -0.15) is 0 Å². The standard InChI is InChI=1S/C16H18N4O4/c1-2-3-6-12-9-16(22)19(11-17-12)10-15(21)18-13-7-4-5-8-14(13)20(23)24/h4-5,7-9,11H,2-3,6,10H2,1H3,(H,18,21). The number of unbranched alkanes of at least 4 members (excludes halogenated alkanes) is 1. The van der Waals surface area contributed by atoms with Crippen molar-refractivity contribution in [1.82, 2.24) is 9.55 Å². The Kier molecular flexibility index (Phi) is 5.78. The molecule has 0 fully saturated rings. The number of aromatic nitrogens is 2. The second kappa shape index (κ2) is 8.00. The number of nitrogens with zero attached hydrogens (tertiary/aromatic N) is 3. The number of carbonyl (C=O) groups is 1. The number of para-hydroxylation sites is 2. The normalized spacial score (nSPS) is 10.4. The Morgan fingerprint density at radius 1 is 1.38 bits per heavy atom. The van der Waals surface area contributed by atoms with Gasteiger partial charge in [-0.1, -0.05) is 25.5 Å². The fraction of sp³-hybridized carbons (Fsp3) is 0.312. The molecule has 2 rings (SSSR count). The zero-order valence-corrected chi connectivity index (χ0v) is 13.3. The minimum Gasteiger partial charge on any atom is -0.319 e. The fourth-order valence-corrected chi connectivity index (χ4v) is 2.16. The van der Waals surface area contributed by atoms with E-state index in [9.17, 15) is 19.7 Å². The Labute approximate surface area is 138 Å². The average molecular weight is 330 g/mol. The van der Waals surface area contributed by atoms with Gasteiger partial charge >= 0.3 is 0 Å². The van der Waals surface area contributed by atoms with Crippen molar-refractivity contribution >= 4 is 17.3 Å². The van der Waals surface area contributed by atoms with Crippen LogP contribution in [0.1, 0.15) is 25.5 Å². The SMILES string of the molecule is CCCCc1cc(=O)n(CC(=O)Nc2ccccc2[N+](=O)[O-])cn1. The summed E-state index contributed by atoms with van der Waals surface area (Å²) >= 11 is 0. The van der Waals surface area contributed by atoms with Crippen molar-refractivity contribution in [3.63, 3.8) is 0 Å². The van der Waals surface area contributed by atoms with Crippen LogP contribution in [0.15, 0.2) is 41.5 Å². The number of rotatable bonds is 7. The van der Waals surface area contributed by atoms with E-state index in [-0.39, 0.29) is 23.5 Å². The molecule has 1 N–H and O–H groups in total. The molecule has 1 aromatic carbocycles. The lowest BCUT2D eigenvalue weighted by Crippen LogP contribution is -2.28. The summed E-state index contributed by atoms with van der Waals surface area (Å²) in [4.78, 5) is 38.6. The number of anilines is 1. The largest absolute Gasteiger partial charge is 0.319 e. The van der Waals surface area contributed by atoms with E-state index in [0.717, 1.165) is 19.3 Å². The lowest BCUT2D eigenvalue weighted by Gasteiger charge is -2.08. The van der Waals surface area contributed by atoms with Crippen LogP contribution in [-0.2, 0) is 17.8 Å². The van der Waals surface area contributed by atoms with E-state index in [2.05, 4.69) is 10.3 Å². The number of benzene rings is 1. The lowest BCUT2D eigenvalue weighted by molar-refractivity contribution is -0.383. The molecule has 0 bridgehead atoms.